The van der Waals surface area contributed by atoms with Gasteiger partial charge in [0.1, 0.15) is 5.75 Å². The summed E-state index contributed by atoms with van der Waals surface area (Å²) in [5.74, 6) is 0.604. The Kier molecular flexibility index (Phi) is 6.19. The molecule has 100 valence electrons. The van der Waals surface area contributed by atoms with Gasteiger partial charge in [-0.3, -0.25) is 9.18 Å². The number of amides is 1. The predicted octanol–water partition coefficient (Wildman–Crippen LogP) is 2.49. The van der Waals surface area contributed by atoms with Crippen LogP contribution in [-0.4, -0.2) is 25.2 Å². The molecule has 0 fully saturated rings. The lowest BCUT2D eigenvalue weighted by Crippen LogP contribution is -2.25. The molecule has 1 aromatic carbocycles. The Bertz CT molecular complexity index is 363. The molecule has 0 aliphatic carbocycles. The summed E-state index contributed by atoms with van der Waals surface area (Å²) in [6.07, 6.45) is 0.845. The molecule has 0 aromatic heterocycles. The molecule has 0 radical (unpaired) electrons. The first-order valence-electron chi connectivity index (χ1n) is 6.20. The van der Waals surface area contributed by atoms with Crippen LogP contribution in [-0.2, 0) is 11.2 Å². The minimum atomic E-state index is -0.604. The van der Waals surface area contributed by atoms with Crippen molar-refractivity contribution < 1.29 is 13.9 Å². The number of ether oxygens (including phenoxy) is 1. The monoisotopic (exact) mass is 253 g/mol. The number of rotatable bonds is 7. The highest BCUT2D eigenvalue weighted by atomic mass is 19.1. The van der Waals surface area contributed by atoms with Crippen molar-refractivity contribution in [2.75, 3.05) is 13.2 Å². The van der Waals surface area contributed by atoms with Crippen LogP contribution in [0.15, 0.2) is 24.3 Å². The van der Waals surface area contributed by atoms with Gasteiger partial charge in [0.2, 0.25) is 5.91 Å². The summed E-state index contributed by atoms with van der Waals surface area (Å²) in [5, 5.41) is 2.67. The fourth-order valence-corrected chi connectivity index (χ4v) is 1.53. The Balaban J connectivity index is 2.33. The van der Waals surface area contributed by atoms with Crippen LogP contribution in [0.3, 0.4) is 0 Å². The minimum absolute atomic E-state index is 0.0544. The van der Waals surface area contributed by atoms with Crippen LogP contribution >= 0.6 is 0 Å². The second kappa shape index (κ2) is 7.69. The van der Waals surface area contributed by atoms with Crippen molar-refractivity contribution >= 4 is 5.91 Å². The van der Waals surface area contributed by atoms with Crippen molar-refractivity contribution in [2.24, 2.45) is 0 Å². The zero-order valence-electron chi connectivity index (χ0n) is 10.9. The average molecular weight is 253 g/mol. The van der Waals surface area contributed by atoms with Crippen molar-refractivity contribution in [1.82, 2.24) is 5.32 Å². The van der Waals surface area contributed by atoms with Gasteiger partial charge in [0.25, 0.3) is 0 Å². The van der Waals surface area contributed by atoms with Gasteiger partial charge in [-0.05, 0) is 38.0 Å². The summed E-state index contributed by atoms with van der Waals surface area (Å²) in [5.41, 5.74) is 1.12. The fourth-order valence-electron chi connectivity index (χ4n) is 1.53. The molecule has 0 bridgehead atoms. The van der Waals surface area contributed by atoms with Crippen LogP contribution in [0, 0.1) is 0 Å². The van der Waals surface area contributed by atoms with Gasteiger partial charge in [-0.2, -0.15) is 0 Å². The first-order chi connectivity index (χ1) is 8.61. The number of alkyl halides is 1. The van der Waals surface area contributed by atoms with E-state index in [4.69, 9.17) is 4.74 Å². The highest BCUT2D eigenvalue weighted by molar-refractivity contribution is 5.75. The Morgan fingerprint density at radius 2 is 2.00 bits per heavy atom. The third-order valence-corrected chi connectivity index (χ3v) is 2.35. The van der Waals surface area contributed by atoms with Crippen LogP contribution in [0.25, 0.3) is 0 Å². The van der Waals surface area contributed by atoms with E-state index >= 15 is 0 Å². The summed E-state index contributed by atoms with van der Waals surface area (Å²) >= 11 is 0. The highest BCUT2D eigenvalue weighted by Gasteiger charge is 2.01. The molecule has 0 heterocycles. The maximum Gasteiger partial charge on any atom is 0.222 e. The van der Waals surface area contributed by atoms with E-state index in [1.54, 1.807) is 0 Å². The zero-order chi connectivity index (χ0) is 13.4. The minimum Gasteiger partial charge on any atom is -0.491 e. The van der Waals surface area contributed by atoms with Gasteiger partial charge in [0.15, 0.2) is 0 Å². The summed E-state index contributed by atoms with van der Waals surface area (Å²) < 4.78 is 17.4. The Hall–Kier alpha value is -1.58. The molecule has 1 amide bonds. The zero-order valence-corrected chi connectivity index (χ0v) is 10.9. The van der Waals surface area contributed by atoms with Gasteiger partial charge < -0.3 is 10.1 Å². The van der Waals surface area contributed by atoms with Gasteiger partial charge >= 0.3 is 0 Å². The van der Waals surface area contributed by atoms with Crippen LogP contribution in [0.4, 0.5) is 4.39 Å². The van der Waals surface area contributed by atoms with E-state index in [0.717, 1.165) is 17.7 Å². The number of halogens is 1. The SMILES string of the molecule is CC(C)Oc1ccc(CCNC(=O)CCF)cc1. The largest absolute Gasteiger partial charge is 0.491 e. The molecule has 0 atom stereocenters. The maximum absolute atomic E-state index is 11.9. The van der Waals surface area contributed by atoms with Gasteiger partial charge in [-0.1, -0.05) is 12.1 Å². The topological polar surface area (TPSA) is 38.3 Å². The van der Waals surface area contributed by atoms with Crippen molar-refractivity contribution in [3.8, 4) is 5.75 Å². The molecule has 0 unspecified atom stereocenters. The Labute approximate surface area is 107 Å². The smallest absolute Gasteiger partial charge is 0.222 e. The number of nitrogens with one attached hydrogen (secondary N) is 1. The lowest BCUT2D eigenvalue weighted by molar-refractivity contribution is -0.121. The first kappa shape index (κ1) is 14.5. The number of carbonyl (C=O) groups is 1. The van der Waals surface area contributed by atoms with Crippen LogP contribution < -0.4 is 10.1 Å². The number of hydrogen-bond donors (Lipinski definition) is 1. The van der Waals surface area contributed by atoms with E-state index in [9.17, 15) is 9.18 Å². The second-order valence-corrected chi connectivity index (χ2v) is 4.35. The fraction of sp³-hybridized carbons (Fsp3) is 0.500. The molecule has 0 saturated heterocycles. The predicted molar refractivity (Wildman–Crippen MR) is 69.5 cm³/mol. The molecule has 0 aliphatic heterocycles. The van der Waals surface area contributed by atoms with E-state index in [1.165, 1.54) is 0 Å². The highest BCUT2D eigenvalue weighted by Crippen LogP contribution is 2.13. The van der Waals surface area contributed by atoms with E-state index in [1.807, 2.05) is 38.1 Å². The molecule has 0 spiro atoms. The summed E-state index contributed by atoms with van der Waals surface area (Å²) in [6.45, 7) is 3.89. The van der Waals surface area contributed by atoms with Crippen LogP contribution in [0.5, 0.6) is 5.75 Å². The first-order valence-corrected chi connectivity index (χ1v) is 6.20. The number of carbonyl (C=O) groups excluding carboxylic acids is 1. The van der Waals surface area contributed by atoms with Gasteiger partial charge in [0, 0.05) is 6.54 Å². The Morgan fingerprint density at radius 3 is 2.56 bits per heavy atom. The molecular formula is C14H20FNO2. The molecule has 18 heavy (non-hydrogen) atoms. The number of hydrogen-bond acceptors (Lipinski definition) is 2. The summed E-state index contributed by atoms with van der Waals surface area (Å²) in [4.78, 5) is 11.0. The van der Waals surface area contributed by atoms with E-state index in [-0.39, 0.29) is 18.4 Å². The number of benzene rings is 1. The van der Waals surface area contributed by atoms with E-state index in [0.29, 0.717) is 6.54 Å². The molecule has 1 aromatic rings. The van der Waals surface area contributed by atoms with Crippen molar-refractivity contribution in [2.45, 2.75) is 32.8 Å². The van der Waals surface area contributed by atoms with Crippen molar-refractivity contribution in [1.29, 1.82) is 0 Å². The molecule has 1 rings (SSSR count). The summed E-state index contributed by atoms with van der Waals surface area (Å²) in [6, 6.07) is 7.77. The van der Waals surface area contributed by atoms with Gasteiger partial charge in [-0.25, -0.2) is 0 Å². The maximum atomic E-state index is 11.9. The second-order valence-electron chi connectivity index (χ2n) is 4.35. The molecular weight excluding hydrogens is 233 g/mol. The van der Waals surface area contributed by atoms with E-state index in [2.05, 4.69) is 5.32 Å². The van der Waals surface area contributed by atoms with Gasteiger partial charge in [-0.15, -0.1) is 0 Å². The lowest BCUT2D eigenvalue weighted by Gasteiger charge is -2.10. The third kappa shape index (κ3) is 5.66. The summed E-state index contributed by atoms with van der Waals surface area (Å²) in [7, 11) is 0. The standard InChI is InChI=1S/C14H20FNO2/c1-11(2)18-13-5-3-12(4-6-13)8-10-16-14(17)7-9-15/h3-6,11H,7-10H2,1-2H3,(H,16,17). The van der Waals surface area contributed by atoms with Gasteiger partial charge in [0.05, 0.1) is 19.2 Å². The Morgan fingerprint density at radius 1 is 1.33 bits per heavy atom. The average Bonchev–Trinajstić information content (AvgIpc) is 2.31. The normalized spacial score (nSPS) is 10.4. The van der Waals surface area contributed by atoms with Crippen LogP contribution in [0.1, 0.15) is 25.8 Å². The molecule has 4 heteroatoms. The molecule has 3 nitrogen and oxygen atoms in total. The van der Waals surface area contributed by atoms with E-state index < -0.39 is 6.67 Å². The molecule has 0 aliphatic rings. The lowest BCUT2D eigenvalue weighted by atomic mass is 10.1. The molecule has 1 N–H and O–H groups in total. The quantitative estimate of drug-likeness (QED) is 0.810. The molecule has 0 saturated carbocycles. The van der Waals surface area contributed by atoms with Crippen molar-refractivity contribution in [3.63, 3.8) is 0 Å². The third-order valence-electron chi connectivity index (χ3n) is 2.35. The van der Waals surface area contributed by atoms with Crippen LogP contribution in [0.2, 0.25) is 0 Å². The van der Waals surface area contributed by atoms with Crippen molar-refractivity contribution in [3.05, 3.63) is 29.8 Å².